The summed E-state index contributed by atoms with van der Waals surface area (Å²) in [6.45, 7) is 3.95. The normalized spacial score (nSPS) is 15.7. The lowest BCUT2D eigenvalue weighted by Crippen LogP contribution is -2.31. The molecule has 0 saturated carbocycles. The molecule has 4 aromatic rings. The summed E-state index contributed by atoms with van der Waals surface area (Å²) in [5.74, 6) is -1.45. The topological polar surface area (TPSA) is 83.4 Å². The molecule has 2 aromatic carbocycles. The number of hydrogen-bond donors (Lipinski definition) is 1. The van der Waals surface area contributed by atoms with E-state index in [1.165, 1.54) is 11.3 Å². The van der Waals surface area contributed by atoms with Gasteiger partial charge >= 0.3 is 0 Å². The number of aliphatic hydroxyl groups is 1. The molecular weight excluding hydrogens is 458 g/mol. The molecule has 1 unspecified atom stereocenters. The van der Waals surface area contributed by atoms with E-state index in [1.54, 1.807) is 24.2 Å². The largest absolute Gasteiger partial charge is 0.503 e. The standard InChI is InChI=1S/C28H23N3O3S/c1-17-8-6-7-11-21(17)23-22(25(33)28(34)31(23)16-19-12-14-29-15-13-19)24(32)26-18(2)30-27(35-26)20-9-4-3-5-10-20/h3-15,23,33H,16H2,1-2H3. The minimum Gasteiger partial charge on any atom is -0.503 e. The van der Waals surface area contributed by atoms with E-state index in [0.29, 0.717) is 10.6 Å². The Balaban J connectivity index is 1.60. The summed E-state index contributed by atoms with van der Waals surface area (Å²) in [4.78, 5) is 37.8. The van der Waals surface area contributed by atoms with Crippen LogP contribution in [0.4, 0.5) is 0 Å². The molecule has 0 bridgehead atoms. The summed E-state index contributed by atoms with van der Waals surface area (Å²) in [7, 11) is 0. The Kier molecular flexibility index (Phi) is 6.01. The second-order valence-electron chi connectivity index (χ2n) is 8.44. The van der Waals surface area contributed by atoms with E-state index in [-0.39, 0.29) is 17.9 Å². The van der Waals surface area contributed by atoms with Crippen LogP contribution in [0.5, 0.6) is 0 Å². The molecule has 6 nitrogen and oxygen atoms in total. The number of aryl methyl sites for hydroxylation is 2. The number of carbonyl (C=O) groups excluding carboxylic acids is 2. The third-order valence-corrected chi connectivity index (χ3v) is 7.36. The van der Waals surface area contributed by atoms with Gasteiger partial charge in [-0.2, -0.15) is 0 Å². The number of amides is 1. The van der Waals surface area contributed by atoms with Gasteiger partial charge in [0.2, 0.25) is 5.78 Å². The lowest BCUT2D eigenvalue weighted by atomic mass is 9.92. The number of aliphatic hydroxyl groups excluding tert-OH is 1. The van der Waals surface area contributed by atoms with Crippen LogP contribution in [0.1, 0.15) is 38.1 Å². The highest BCUT2D eigenvalue weighted by atomic mass is 32.1. The molecule has 5 rings (SSSR count). The summed E-state index contributed by atoms with van der Waals surface area (Å²) in [5, 5.41) is 11.7. The minimum absolute atomic E-state index is 0.0877. The van der Waals surface area contributed by atoms with Crippen molar-refractivity contribution in [2.45, 2.75) is 26.4 Å². The molecule has 0 fully saturated rings. The molecule has 1 aliphatic heterocycles. The summed E-state index contributed by atoms with van der Waals surface area (Å²) < 4.78 is 0. The fourth-order valence-corrected chi connectivity index (χ4v) is 5.41. The van der Waals surface area contributed by atoms with E-state index in [9.17, 15) is 14.7 Å². The predicted octanol–water partition coefficient (Wildman–Crippen LogP) is 5.60. The number of pyridine rings is 1. The van der Waals surface area contributed by atoms with Gasteiger partial charge in [-0.25, -0.2) is 4.98 Å². The fraction of sp³-hybridized carbons (Fsp3) is 0.143. The van der Waals surface area contributed by atoms with Crippen LogP contribution in [0, 0.1) is 13.8 Å². The Morgan fingerprint density at radius 3 is 2.40 bits per heavy atom. The number of Topliss-reactive ketones (excluding diaryl/α,β-unsaturated/α-hetero) is 1. The van der Waals surface area contributed by atoms with Gasteiger partial charge in [0.1, 0.15) is 5.01 Å². The Bertz CT molecular complexity index is 1440. The molecule has 0 radical (unpaired) electrons. The Hall–Kier alpha value is -4.10. The van der Waals surface area contributed by atoms with Crippen LogP contribution in [0.25, 0.3) is 10.6 Å². The van der Waals surface area contributed by atoms with E-state index in [4.69, 9.17) is 0 Å². The third-order valence-electron chi connectivity index (χ3n) is 6.16. The van der Waals surface area contributed by atoms with Crippen LogP contribution in [-0.2, 0) is 11.3 Å². The quantitative estimate of drug-likeness (QED) is 0.363. The van der Waals surface area contributed by atoms with Gasteiger partial charge in [0, 0.05) is 24.5 Å². The third kappa shape index (κ3) is 4.15. The highest BCUT2D eigenvalue weighted by Crippen LogP contribution is 2.42. The second kappa shape index (κ2) is 9.27. The van der Waals surface area contributed by atoms with Gasteiger partial charge in [-0.15, -0.1) is 11.3 Å². The van der Waals surface area contributed by atoms with Gasteiger partial charge in [0.25, 0.3) is 5.91 Å². The van der Waals surface area contributed by atoms with Crippen LogP contribution >= 0.6 is 11.3 Å². The van der Waals surface area contributed by atoms with E-state index < -0.39 is 17.7 Å². The van der Waals surface area contributed by atoms with Crippen molar-refractivity contribution < 1.29 is 14.7 Å². The zero-order chi connectivity index (χ0) is 24.5. The van der Waals surface area contributed by atoms with Gasteiger partial charge in [0.05, 0.1) is 22.2 Å². The van der Waals surface area contributed by atoms with E-state index in [1.807, 2.05) is 73.7 Å². The van der Waals surface area contributed by atoms with E-state index >= 15 is 0 Å². The molecule has 1 N–H and O–H groups in total. The Morgan fingerprint density at radius 2 is 1.69 bits per heavy atom. The SMILES string of the molecule is Cc1ccccc1C1C(C(=O)c2sc(-c3ccccc3)nc2C)=C(O)C(=O)N1Cc1ccncc1. The molecule has 174 valence electrons. The summed E-state index contributed by atoms with van der Waals surface area (Å²) in [6.07, 6.45) is 3.31. The Labute approximate surface area is 207 Å². The summed E-state index contributed by atoms with van der Waals surface area (Å²) in [5.41, 5.74) is 4.15. The lowest BCUT2D eigenvalue weighted by Gasteiger charge is -2.28. The molecule has 1 amide bonds. The van der Waals surface area contributed by atoms with Crippen LogP contribution < -0.4 is 0 Å². The predicted molar refractivity (Wildman–Crippen MR) is 135 cm³/mol. The van der Waals surface area contributed by atoms with Crippen molar-refractivity contribution >= 4 is 23.0 Å². The number of thiazole rings is 1. The van der Waals surface area contributed by atoms with Crippen molar-refractivity contribution in [2.75, 3.05) is 0 Å². The maximum absolute atomic E-state index is 13.9. The average Bonchev–Trinajstić information content (AvgIpc) is 3.38. The van der Waals surface area contributed by atoms with Gasteiger partial charge in [0.15, 0.2) is 5.76 Å². The molecule has 3 heterocycles. The van der Waals surface area contributed by atoms with Crippen molar-refractivity contribution in [2.24, 2.45) is 0 Å². The molecular formula is C28H23N3O3S. The second-order valence-corrected chi connectivity index (χ2v) is 9.44. The highest BCUT2D eigenvalue weighted by Gasteiger charge is 2.45. The molecule has 1 aliphatic rings. The Morgan fingerprint density at radius 1 is 1.00 bits per heavy atom. The van der Waals surface area contributed by atoms with Crippen LogP contribution in [-0.4, -0.2) is 31.7 Å². The molecule has 35 heavy (non-hydrogen) atoms. The molecule has 1 atom stereocenters. The lowest BCUT2D eigenvalue weighted by molar-refractivity contribution is -0.130. The maximum atomic E-state index is 13.9. The first-order valence-corrected chi connectivity index (χ1v) is 12.0. The van der Waals surface area contributed by atoms with Crippen molar-refractivity contribution in [1.29, 1.82) is 0 Å². The summed E-state index contributed by atoms with van der Waals surface area (Å²) in [6, 6.07) is 20.2. The van der Waals surface area contributed by atoms with Gasteiger partial charge in [-0.05, 0) is 42.7 Å². The molecule has 7 heteroatoms. The van der Waals surface area contributed by atoms with Gasteiger partial charge in [-0.1, -0.05) is 54.6 Å². The van der Waals surface area contributed by atoms with Crippen molar-refractivity contribution in [3.63, 3.8) is 0 Å². The smallest absolute Gasteiger partial charge is 0.290 e. The summed E-state index contributed by atoms with van der Waals surface area (Å²) >= 11 is 1.27. The van der Waals surface area contributed by atoms with Crippen LogP contribution in [0.2, 0.25) is 0 Å². The first-order chi connectivity index (χ1) is 17.0. The van der Waals surface area contributed by atoms with Crippen LogP contribution in [0.15, 0.2) is 90.5 Å². The molecule has 0 spiro atoms. The van der Waals surface area contributed by atoms with Crippen molar-refractivity contribution in [3.05, 3.63) is 118 Å². The number of nitrogens with zero attached hydrogens (tertiary/aromatic N) is 3. The van der Waals surface area contributed by atoms with E-state index in [2.05, 4.69) is 9.97 Å². The molecule has 0 saturated heterocycles. The van der Waals surface area contributed by atoms with Gasteiger partial charge < -0.3 is 10.0 Å². The van der Waals surface area contributed by atoms with Gasteiger partial charge in [-0.3, -0.25) is 14.6 Å². The highest BCUT2D eigenvalue weighted by molar-refractivity contribution is 7.17. The number of carbonyl (C=O) groups is 2. The first kappa shape index (κ1) is 22.7. The number of hydrogen-bond acceptors (Lipinski definition) is 6. The number of benzene rings is 2. The number of aromatic nitrogens is 2. The minimum atomic E-state index is -0.717. The maximum Gasteiger partial charge on any atom is 0.290 e. The van der Waals surface area contributed by atoms with E-state index in [0.717, 1.165) is 27.3 Å². The first-order valence-electron chi connectivity index (χ1n) is 11.2. The molecule has 2 aromatic heterocycles. The zero-order valence-electron chi connectivity index (χ0n) is 19.3. The zero-order valence-corrected chi connectivity index (χ0v) is 20.1. The number of ketones is 1. The van der Waals surface area contributed by atoms with Crippen LogP contribution in [0.3, 0.4) is 0 Å². The monoisotopic (exact) mass is 481 g/mol. The van der Waals surface area contributed by atoms with Crippen molar-refractivity contribution in [3.8, 4) is 10.6 Å². The average molecular weight is 482 g/mol. The molecule has 0 aliphatic carbocycles. The van der Waals surface area contributed by atoms with Crippen molar-refractivity contribution in [1.82, 2.24) is 14.9 Å². The fourth-order valence-electron chi connectivity index (χ4n) is 4.38. The number of rotatable bonds is 6.